The van der Waals surface area contributed by atoms with Crippen molar-refractivity contribution >= 4 is 77.8 Å². The molecule has 0 N–H and O–H groups in total. The Morgan fingerprint density at radius 2 is 0.964 bits per heavy atom. The summed E-state index contributed by atoms with van der Waals surface area (Å²) in [4.78, 5) is 0. The van der Waals surface area contributed by atoms with Crippen LogP contribution in [0.1, 0.15) is 0 Å². The molecule has 0 aliphatic rings. The van der Waals surface area contributed by atoms with Crippen LogP contribution < -0.4 is 5.19 Å². The first kappa shape index (κ1) is 16.0. The summed E-state index contributed by atoms with van der Waals surface area (Å²) < 4.78 is 0. The highest BCUT2D eigenvalue weighted by Crippen LogP contribution is 2.33. The monoisotopic (exact) mass is 383 g/mol. The van der Waals surface area contributed by atoms with Gasteiger partial charge in [-0.05, 0) is 90.3 Å². The van der Waals surface area contributed by atoms with E-state index in [1.54, 1.807) is 0 Å². The molecular formula is C26H15Si2. The average molecular weight is 384 g/mol. The molecular weight excluding hydrogens is 368 g/mol. The highest BCUT2D eigenvalue weighted by atomic mass is 29.1. The summed E-state index contributed by atoms with van der Waals surface area (Å²) in [5.74, 6) is 0. The quantitative estimate of drug-likeness (QED) is 0.189. The van der Waals surface area contributed by atoms with E-state index in [-0.39, 0.29) is 0 Å². The third-order valence-corrected chi connectivity index (χ3v) is 7.30. The zero-order valence-corrected chi connectivity index (χ0v) is 17.2. The van der Waals surface area contributed by atoms with Crippen molar-refractivity contribution in [3.8, 4) is 0 Å². The molecule has 0 saturated heterocycles. The van der Waals surface area contributed by atoms with Crippen LogP contribution in [0.25, 0.3) is 53.9 Å². The lowest BCUT2D eigenvalue weighted by Crippen LogP contribution is -2.14. The Morgan fingerprint density at radius 3 is 1.68 bits per heavy atom. The molecule has 2 heteroatoms. The van der Waals surface area contributed by atoms with Crippen LogP contribution >= 0.6 is 0 Å². The van der Waals surface area contributed by atoms with Crippen molar-refractivity contribution < 1.29 is 0 Å². The minimum Gasteiger partial charge on any atom is -0.0632 e. The van der Waals surface area contributed by atoms with Gasteiger partial charge in [-0.3, -0.25) is 0 Å². The normalized spacial score (nSPS) is 11.9. The predicted molar refractivity (Wildman–Crippen MR) is 125 cm³/mol. The Balaban J connectivity index is 1.76. The van der Waals surface area contributed by atoms with E-state index in [0.29, 0.717) is 9.04 Å². The van der Waals surface area contributed by atoms with E-state index < -0.39 is 0 Å². The van der Waals surface area contributed by atoms with E-state index in [1.807, 2.05) is 0 Å². The molecule has 0 nitrogen and oxygen atoms in total. The highest BCUT2D eigenvalue weighted by molar-refractivity contribution is 6.98. The smallest absolute Gasteiger partial charge is 0.0612 e. The maximum absolute atomic E-state index is 3.73. The maximum Gasteiger partial charge on any atom is 0.0612 e. The topological polar surface area (TPSA) is 0 Å². The van der Waals surface area contributed by atoms with Crippen molar-refractivity contribution in [2.24, 2.45) is 0 Å². The molecule has 0 heterocycles. The SMILES string of the molecule is [Si][Si]c1cccc2cc3ccc4cc5cc6ccccc6cc5cc4c3cc12. The van der Waals surface area contributed by atoms with E-state index in [0.717, 1.165) is 0 Å². The Labute approximate surface area is 168 Å². The highest BCUT2D eigenvalue weighted by Gasteiger charge is 2.07. The Kier molecular flexibility index (Phi) is 3.45. The van der Waals surface area contributed by atoms with E-state index in [1.165, 1.54) is 59.0 Å². The largest absolute Gasteiger partial charge is 0.0632 e. The zero-order valence-electron chi connectivity index (χ0n) is 15.2. The van der Waals surface area contributed by atoms with Crippen molar-refractivity contribution in [3.63, 3.8) is 0 Å². The second kappa shape index (κ2) is 6.03. The van der Waals surface area contributed by atoms with Gasteiger partial charge in [-0.1, -0.05) is 59.8 Å². The lowest BCUT2D eigenvalue weighted by Gasteiger charge is -2.11. The first-order valence-electron chi connectivity index (χ1n) is 9.45. The molecule has 0 atom stereocenters. The van der Waals surface area contributed by atoms with Gasteiger partial charge in [-0.2, -0.15) is 0 Å². The summed E-state index contributed by atoms with van der Waals surface area (Å²) in [6.07, 6.45) is 0. The van der Waals surface area contributed by atoms with Gasteiger partial charge in [-0.15, -0.1) is 0 Å². The summed E-state index contributed by atoms with van der Waals surface area (Å²) in [5.41, 5.74) is 0. The van der Waals surface area contributed by atoms with Crippen LogP contribution in [0.3, 0.4) is 0 Å². The van der Waals surface area contributed by atoms with Crippen LogP contribution in [-0.4, -0.2) is 18.8 Å². The first-order chi connectivity index (χ1) is 13.8. The number of benzene rings is 6. The number of hydrogen-bond acceptors (Lipinski definition) is 0. The van der Waals surface area contributed by atoms with Gasteiger partial charge in [-0.25, -0.2) is 0 Å². The van der Waals surface area contributed by atoms with Crippen LogP contribution in [0.4, 0.5) is 0 Å². The molecule has 0 unspecified atom stereocenters. The minimum absolute atomic E-state index is 0.611. The van der Waals surface area contributed by atoms with Gasteiger partial charge in [0.25, 0.3) is 0 Å². The number of hydrogen-bond donors (Lipinski definition) is 0. The van der Waals surface area contributed by atoms with Crippen LogP contribution in [0, 0.1) is 0 Å². The second-order valence-corrected chi connectivity index (χ2v) is 8.95. The van der Waals surface area contributed by atoms with Gasteiger partial charge in [0.15, 0.2) is 0 Å². The summed E-state index contributed by atoms with van der Waals surface area (Å²) in [5, 5.41) is 14.5. The third-order valence-electron chi connectivity index (χ3n) is 5.79. The molecule has 5 radical (unpaired) electrons. The fourth-order valence-corrected chi connectivity index (χ4v) is 5.57. The average Bonchev–Trinajstić information content (AvgIpc) is 2.74. The molecule has 0 aliphatic carbocycles. The molecule has 6 aromatic rings. The fraction of sp³-hybridized carbons (Fsp3) is 0. The first-order valence-corrected chi connectivity index (χ1v) is 11.9. The van der Waals surface area contributed by atoms with Crippen molar-refractivity contribution in [1.29, 1.82) is 0 Å². The minimum atomic E-state index is 0.611. The maximum atomic E-state index is 3.73. The van der Waals surface area contributed by atoms with Gasteiger partial charge in [0.05, 0.1) is 9.04 Å². The molecule has 0 spiro atoms. The molecule has 127 valence electrons. The number of rotatable bonds is 1. The summed E-state index contributed by atoms with van der Waals surface area (Å²) >= 11 is 0. The van der Waals surface area contributed by atoms with Gasteiger partial charge in [0.1, 0.15) is 0 Å². The van der Waals surface area contributed by atoms with E-state index in [4.69, 9.17) is 0 Å². The molecule has 0 amide bonds. The number of fused-ring (bicyclic) bond motifs is 6. The van der Waals surface area contributed by atoms with Crippen molar-refractivity contribution in [2.75, 3.05) is 0 Å². The molecule has 0 bridgehead atoms. The molecule has 6 rings (SSSR count). The summed E-state index contributed by atoms with van der Waals surface area (Å²) in [6, 6.07) is 33.7. The molecule has 0 aromatic heterocycles. The van der Waals surface area contributed by atoms with Crippen molar-refractivity contribution in [2.45, 2.75) is 0 Å². The van der Waals surface area contributed by atoms with Crippen LogP contribution in [0.15, 0.2) is 91.0 Å². The van der Waals surface area contributed by atoms with Crippen LogP contribution in [0.5, 0.6) is 0 Å². The molecule has 6 aromatic carbocycles. The zero-order chi connectivity index (χ0) is 18.7. The Morgan fingerprint density at radius 1 is 0.429 bits per heavy atom. The second-order valence-electron chi connectivity index (χ2n) is 7.41. The van der Waals surface area contributed by atoms with Gasteiger partial charge < -0.3 is 0 Å². The predicted octanol–water partition coefficient (Wildman–Crippen LogP) is 5.87. The molecule has 28 heavy (non-hydrogen) atoms. The summed E-state index contributed by atoms with van der Waals surface area (Å²) in [6.45, 7) is 0. The third kappa shape index (κ3) is 2.35. The van der Waals surface area contributed by atoms with Gasteiger partial charge in [0, 0.05) is 9.76 Å². The van der Waals surface area contributed by atoms with Gasteiger partial charge >= 0.3 is 0 Å². The van der Waals surface area contributed by atoms with Crippen molar-refractivity contribution in [3.05, 3.63) is 91.0 Å². The lowest BCUT2D eigenvalue weighted by atomic mass is 9.95. The van der Waals surface area contributed by atoms with Crippen LogP contribution in [0.2, 0.25) is 0 Å². The molecule has 0 fully saturated rings. The standard InChI is InChI=1S/C26H15Si2/c27-28-26-7-3-6-18-12-19-8-9-20-13-21-10-16-4-1-2-5-17(16)11-22(21)14-23(20)24(19)15-25(18)26/h1-15H. The fourth-order valence-electron chi connectivity index (χ4n) is 4.38. The lowest BCUT2D eigenvalue weighted by molar-refractivity contribution is 1.79. The summed E-state index contributed by atoms with van der Waals surface area (Å²) in [7, 11) is 4.34. The Hall–Kier alpha value is -2.95. The molecule has 0 saturated carbocycles. The van der Waals surface area contributed by atoms with E-state index in [9.17, 15) is 0 Å². The van der Waals surface area contributed by atoms with E-state index >= 15 is 0 Å². The van der Waals surface area contributed by atoms with E-state index in [2.05, 4.69) is 101 Å². The van der Waals surface area contributed by atoms with Crippen LogP contribution in [-0.2, 0) is 0 Å². The Bertz CT molecular complexity index is 1550. The molecule has 0 aliphatic heterocycles. The van der Waals surface area contributed by atoms with Gasteiger partial charge in [0.2, 0.25) is 0 Å². The van der Waals surface area contributed by atoms with Crippen molar-refractivity contribution in [1.82, 2.24) is 0 Å².